The number of hydrogen-bond acceptors (Lipinski definition) is 5. The van der Waals surface area contributed by atoms with Crippen molar-refractivity contribution in [2.75, 3.05) is 0 Å². The lowest BCUT2D eigenvalue weighted by Crippen LogP contribution is -2.04. The highest BCUT2D eigenvalue weighted by Crippen LogP contribution is 2.46. The summed E-state index contributed by atoms with van der Waals surface area (Å²) >= 11 is 0. The number of nitrogens with zero attached hydrogens (tertiary/aromatic N) is 3. The molecule has 8 nitrogen and oxygen atoms in total. The molecule has 6 rings (SSSR count). The fourth-order valence-electron chi connectivity index (χ4n) is 4.67. The van der Waals surface area contributed by atoms with E-state index >= 15 is 0 Å². The second-order valence-electron chi connectivity index (χ2n) is 8.49. The van der Waals surface area contributed by atoms with Gasteiger partial charge in [0.25, 0.3) is 0 Å². The maximum atomic E-state index is 11.9. The van der Waals surface area contributed by atoms with Crippen molar-refractivity contribution in [2.24, 2.45) is 0 Å². The average Bonchev–Trinajstić information content (AvgIpc) is 3.51. The minimum Gasteiger partial charge on any atom is -0.478 e. The Kier molecular flexibility index (Phi) is 4.48. The van der Waals surface area contributed by atoms with Crippen molar-refractivity contribution in [3.63, 3.8) is 0 Å². The van der Waals surface area contributed by atoms with Crippen LogP contribution in [0.15, 0.2) is 70.0 Å². The van der Waals surface area contributed by atoms with Crippen LogP contribution in [0.1, 0.15) is 40.5 Å². The molecule has 0 saturated heterocycles. The largest absolute Gasteiger partial charge is 0.478 e. The van der Waals surface area contributed by atoms with Gasteiger partial charge >= 0.3 is 11.7 Å². The molecule has 0 amide bonds. The molecule has 0 radical (unpaired) electrons. The number of fused-ring (bicyclic) bond motifs is 1. The van der Waals surface area contributed by atoms with Gasteiger partial charge in [0.15, 0.2) is 5.82 Å². The average molecular weight is 452 g/mol. The van der Waals surface area contributed by atoms with Gasteiger partial charge in [-0.3, -0.25) is 4.57 Å². The molecule has 2 aromatic heterocycles. The fourth-order valence-corrected chi connectivity index (χ4v) is 4.67. The number of aromatic nitrogens is 4. The lowest BCUT2D eigenvalue weighted by atomic mass is 9.92. The summed E-state index contributed by atoms with van der Waals surface area (Å²) in [4.78, 5) is 32.0. The number of H-pyrrole nitrogens is 1. The Morgan fingerprint density at radius 1 is 1.03 bits per heavy atom. The highest BCUT2D eigenvalue weighted by Gasteiger charge is 2.28. The van der Waals surface area contributed by atoms with Crippen LogP contribution in [-0.4, -0.2) is 30.8 Å². The molecule has 0 spiro atoms. The first-order valence-electron chi connectivity index (χ1n) is 11.0. The van der Waals surface area contributed by atoms with Crippen LogP contribution in [0.2, 0.25) is 0 Å². The van der Waals surface area contributed by atoms with Crippen molar-refractivity contribution in [2.45, 2.75) is 25.7 Å². The molecule has 0 atom stereocenters. The van der Waals surface area contributed by atoms with E-state index in [0.29, 0.717) is 22.8 Å². The van der Waals surface area contributed by atoms with E-state index in [4.69, 9.17) is 4.52 Å². The number of rotatable bonds is 5. The van der Waals surface area contributed by atoms with Crippen LogP contribution in [0.5, 0.6) is 0 Å². The van der Waals surface area contributed by atoms with Gasteiger partial charge in [-0.2, -0.15) is 10.1 Å². The third kappa shape index (κ3) is 3.23. The van der Waals surface area contributed by atoms with Gasteiger partial charge in [0.1, 0.15) is 5.82 Å². The predicted molar refractivity (Wildman–Crippen MR) is 126 cm³/mol. The van der Waals surface area contributed by atoms with Crippen LogP contribution in [0.25, 0.3) is 39.2 Å². The van der Waals surface area contributed by atoms with E-state index in [0.717, 1.165) is 41.0 Å². The van der Waals surface area contributed by atoms with Gasteiger partial charge in [-0.1, -0.05) is 36.4 Å². The molecule has 0 bridgehead atoms. The smallest absolute Gasteiger partial charge is 0.460 e. The molecule has 8 heteroatoms. The molecule has 5 aromatic rings. The summed E-state index contributed by atoms with van der Waals surface area (Å²) in [7, 11) is 0. The van der Waals surface area contributed by atoms with E-state index in [1.54, 1.807) is 12.1 Å². The molecule has 3 aromatic carbocycles. The monoisotopic (exact) mass is 452 g/mol. The van der Waals surface area contributed by atoms with Gasteiger partial charge in [-0.15, -0.1) is 0 Å². The first-order chi connectivity index (χ1) is 16.5. The lowest BCUT2D eigenvalue weighted by Gasteiger charge is -2.16. The summed E-state index contributed by atoms with van der Waals surface area (Å²) in [6.45, 7) is 1.88. The molecular formula is C26H20N4O4. The number of carbonyl (C=O) groups is 1. The number of aryl methyl sites for hydroxylation is 1. The number of aromatic carboxylic acids is 1. The molecule has 1 aliphatic carbocycles. The number of carboxylic acid groups (broad SMARTS) is 1. The van der Waals surface area contributed by atoms with Gasteiger partial charge in [-0.05, 0) is 66.6 Å². The van der Waals surface area contributed by atoms with Crippen LogP contribution < -0.4 is 5.76 Å². The van der Waals surface area contributed by atoms with E-state index in [2.05, 4.69) is 27.3 Å². The summed E-state index contributed by atoms with van der Waals surface area (Å²) in [5.41, 5.74) is 6.26. The maximum absolute atomic E-state index is 11.9. The first kappa shape index (κ1) is 20.2. The van der Waals surface area contributed by atoms with Crippen molar-refractivity contribution >= 4 is 17.0 Å². The summed E-state index contributed by atoms with van der Waals surface area (Å²) < 4.78 is 6.71. The Balaban J connectivity index is 1.56. The topological polar surface area (TPSA) is 114 Å². The summed E-state index contributed by atoms with van der Waals surface area (Å²) in [6, 6.07) is 19.1. The summed E-state index contributed by atoms with van der Waals surface area (Å²) in [6.07, 6.45) is 2.17. The van der Waals surface area contributed by atoms with E-state index in [9.17, 15) is 14.7 Å². The van der Waals surface area contributed by atoms with Gasteiger partial charge in [0.05, 0.1) is 16.6 Å². The van der Waals surface area contributed by atoms with Gasteiger partial charge in [-0.25, -0.2) is 14.6 Å². The molecule has 34 heavy (non-hydrogen) atoms. The number of imidazole rings is 1. The van der Waals surface area contributed by atoms with Crippen LogP contribution in [0.4, 0.5) is 0 Å². The Morgan fingerprint density at radius 2 is 1.82 bits per heavy atom. The van der Waals surface area contributed by atoms with Crippen LogP contribution in [0, 0.1) is 6.92 Å². The second-order valence-corrected chi connectivity index (χ2v) is 8.49. The second kappa shape index (κ2) is 7.55. The normalized spacial score (nSPS) is 13.4. The van der Waals surface area contributed by atoms with E-state index in [-0.39, 0.29) is 5.56 Å². The standard InChI is InChI=1S/C26H20N4O4/c1-14-27-22-8-4-7-20(25(31)32)23(22)30(14)16-11-12-18(21(13-16)15-9-10-15)17-5-2-3-6-19(17)24-28-26(33)34-29-24/h2-8,11-13,15H,9-10H2,1H3,(H,31,32)(H,28,29,33). The molecule has 1 fully saturated rings. The molecule has 1 aliphatic rings. The number of hydrogen-bond donors (Lipinski definition) is 2. The quantitative estimate of drug-likeness (QED) is 0.391. The summed E-state index contributed by atoms with van der Waals surface area (Å²) in [5.74, 6) is -0.137. The first-order valence-corrected chi connectivity index (χ1v) is 11.0. The van der Waals surface area contributed by atoms with Gasteiger partial charge in [0.2, 0.25) is 0 Å². The number of aromatic amines is 1. The number of benzene rings is 3. The Morgan fingerprint density at radius 3 is 2.53 bits per heavy atom. The third-order valence-corrected chi connectivity index (χ3v) is 6.30. The molecule has 1 saturated carbocycles. The molecule has 2 heterocycles. The zero-order valence-electron chi connectivity index (χ0n) is 18.3. The fraction of sp³-hybridized carbons (Fsp3) is 0.154. The number of nitrogens with one attached hydrogen (secondary N) is 1. The van der Waals surface area contributed by atoms with Gasteiger partial charge in [0, 0.05) is 11.3 Å². The Labute approximate surface area is 193 Å². The molecule has 168 valence electrons. The minimum absolute atomic E-state index is 0.218. The number of carboxylic acids is 1. The third-order valence-electron chi connectivity index (χ3n) is 6.30. The highest BCUT2D eigenvalue weighted by atomic mass is 16.5. The lowest BCUT2D eigenvalue weighted by molar-refractivity contribution is 0.0698. The molecule has 2 N–H and O–H groups in total. The van der Waals surface area contributed by atoms with Crippen LogP contribution >= 0.6 is 0 Å². The zero-order valence-corrected chi connectivity index (χ0v) is 18.3. The van der Waals surface area contributed by atoms with Crippen molar-refractivity contribution in [3.8, 4) is 28.2 Å². The maximum Gasteiger partial charge on any atom is 0.460 e. The van der Waals surface area contributed by atoms with E-state index in [1.807, 2.05) is 47.9 Å². The molecular weight excluding hydrogens is 432 g/mol. The molecule has 0 unspecified atom stereocenters. The van der Waals surface area contributed by atoms with Crippen LogP contribution in [-0.2, 0) is 0 Å². The Hall–Kier alpha value is -4.46. The van der Waals surface area contributed by atoms with Crippen molar-refractivity contribution in [1.82, 2.24) is 19.7 Å². The van der Waals surface area contributed by atoms with Crippen molar-refractivity contribution in [3.05, 3.63) is 88.2 Å². The Bertz CT molecular complexity index is 1640. The highest BCUT2D eigenvalue weighted by molar-refractivity contribution is 6.02. The van der Waals surface area contributed by atoms with Crippen molar-refractivity contribution < 1.29 is 14.4 Å². The van der Waals surface area contributed by atoms with Gasteiger partial charge < -0.3 is 9.63 Å². The van der Waals surface area contributed by atoms with E-state index < -0.39 is 11.7 Å². The van der Waals surface area contributed by atoms with E-state index in [1.165, 1.54) is 5.56 Å². The molecule has 0 aliphatic heterocycles. The summed E-state index contributed by atoms with van der Waals surface area (Å²) in [5, 5.41) is 12.4. The minimum atomic E-state index is -0.985. The van der Waals surface area contributed by atoms with Crippen molar-refractivity contribution in [1.29, 1.82) is 0 Å². The predicted octanol–water partition coefficient (Wildman–Crippen LogP) is 4.92. The zero-order chi connectivity index (χ0) is 23.4. The van der Waals surface area contributed by atoms with Crippen LogP contribution in [0.3, 0.4) is 0 Å². The SMILES string of the molecule is Cc1nc2cccc(C(=O)O)c2n1-c1ccc(-c2ccccc2-c2nc(=O)o[nH]2)c(C2CC2)c1. The number of para-hydroxylation sites is 1.